The maximum atomic E-state index is 10.5. The normalized spacial score (nSPS) is 29.8. The van der Waals surface area contributed by atoms with Gasteiger partial charge in [0.05, 0.1) is 12.2 Å². The molecule has 0 aromatic carbocycles. The molecule has 2 rings (SSSR count). The minimum Gasteiger partial charge on any atom is -0.396 e. The Kier molecular flexibility index (Phi) is 11.4. The van der Waals surface area contributed by atoms with Gasteiger partial charge in [-0.1, -0.05) is 50.0 Å². The zero-order valence-electron chi connectivity index (χ0n) is 17.9. The van der Waals surface area contributed by atoms with Crippen molar-refractivity contribution in [3.8, 4) is 0 Å². The van der Waals surface area contributed by atoms with Crippen LogP contribution in [0, 0.1) is 17.8 Å². The second kappa shape index (κ2) is 13.5. The molecule has 2 fully saturated rings. The van der Waals surface area contributed by atoms with Gasteiger partial charge in [0.1, 0.15) is 0 Å². The van der Waals surface area contributed by atoms with E-state index in [1.807, 2.05) is 6.08 Å². The number of aliphatic hydroxyl groups is 3. The molecule has 2 aliphatic rings. The SMILES string of the molecule is CCCCC[C@H](O)C=C[C@@H]1[C@H]2CC(=CCCCCNCCCO)C[C@H]2C[C@H]1O. The quantitative estimate of drug-likeness (QED) is 0.266. The smallest absolute Gasteiger partial charge is 0.0721 e. The Morgan fingerprint density at radius 1 is 1.11 bits per heavy atom. The standard InChI is InChI=1S/C24H43NO3/c1-2-3-5-10-21(27)11-12-22-23-17-19(16-20(23)18-24(22)28)9-6-4-7-13-25-14-8-15-26/h9,11-12,20-28H,2-8,10,13-18H2,1H3/t20-,21-,22+,23-,24+/m0/s1. The Hall–Kier alpha value is -0.680. The summed E-state index contributed by atoms with van der Waals surface area (Å²) >= 11 is 0. The van der Waals surface area contributed by atoms with Gasteiger partial charge in [-0.2, -0.15) is 0 Å². The van der Waals surface area contributed by atoms with Gasteiger partial charge in [-0.25, -0.2) is 0 Å². The molecule has 162 valence electrons. The van der Waals surface area contributed by atoms with Crippen LogP contribution in [0.5, 0.6) is 0 Å². The number of hydrogen-bond acceptors (Lipinski definition) is 4. The van der Waals surface area contributed by atoms with Crippen LogP contribution >= 0.6 is 0 Å². The highest BCUT2D eigenvalue weighted by Crippen LogP contribution is 2.50. The maximum Gasteiger partial charge on any atom is 0.0721 e. The summed E-state index contributed by atoms with van der Waals surface area (Å²) < 4.78 is 0. The molecule has 4 N–H and O–H groups in total. The van der Waals surface area contributed by atoms with Crippen LogP contribution in [0.4, 0.5) is 0 Å². The van der Waals surface area contributed by atoms with Gasteiger partial charge in [0.15, 0.2) is 0 Å². The number of unbranched alkanes of at least 4 members (excludes halogenated alkanes) is 4. The van der Waals surface area contributed by atoms with Crippen molar-refractivity contribution in [2.75, 3.05) is 19.7 Å². The van der Waals surface area contributed by atoms with E-state index in [1.165, 1.54) is 25.7 Å². The summed E-state index contributed by atoms with van der Waals surface area (Å²) in [5.41, 5.74) is 1.58. The van der Waals surface area contributed by atoms with Crippen molar-refractivity contribution < 1.29 is 15.3 Å². The summed E-state index contributed by atoms with van der Waals surface area (Å²) in [6, 6.07) is 0. The Balaban J connectivity index is 1.70. The number of fused-ring (bicyclic) bond motifs is 1. The number of nitrogens with one attached hydrogen (secondary N) is 1. The van der Waals surface area contributed by atoms with Crippen LogP contribution in [0.25, 0.3) is 0 Å². The Bertz CT molecular complexity index is 476. The Labute approximate surface area is 172 Å². The summed E-state index contributed by atoms with van der Waals surface area (Å²) in [5.74, 6) is 1.39. The Morgan fingerprint density at radius 2 is 1.93 bits per heavy atom. The molecule has 0 saturated heterocycles. The number of hydrogen-bond donors (Lipinski definition) is 4. The van der Waals surface area contributed by atoms with Crippen molar-refractivity contribution in [3.05, 3.63) is 23.8 Å². The highest BCUT2D eigenvalue weighted by Gasteiger charge is 2.44. The highest BCUT2D eigenvalue weighted by molar-refractivity contribution is 5.17. The lowest BCUT2D eigenvalue weighted by Gasteiger charge is -2.17. The molecule has 5 atom stereocenters. The van der Waals surface area contributed by atoms with Gasteiger partial charge in [-0.3, -0.25) is 0 Å². The molecule has 2 aliphatic carbocycles. The molecule has 4 nitrogen and oxygen atoms in total. The predicted molar refractivity (Wildman–Crippen MR) is 116 cm³/mol. The van der Waals surface area contributed by atoms with Gasteiger partial charge >= 0.3 is 0 Å². The van der Waals surface area contributed by atoms with Gasteiger partial charge in [-0.05, 0) is 76.3 Å². The van der Waals surface area contributed by atoms with Gasteiger partial charge in [0.2, 0.25) is 0 Å². The number of rotatable bonds is 14. The largest absolute Gasteiger partial charge is 0.396 e. The van der Waals surface area contributed by atoms with E-state index in [0.29, 0.717) is 11.8 Å². The van der Waals surface area contributed by atoms with E-state index < -0.39 is 0 Å². The van der Waals surface area contributed by atoms with Crippen LogP contribution in [-0.2, 0) is 0 Å². The minimum atomic E-state index is -0.361. The highest BCUT2D eigenvalue weighted by atomic mass is 16.3. The van der Waals surface area contributed by atoms with E-state index in [4.69, 9.17) is 5.11 Å². The number of allylic oxidation sites excluding steroid dienone is 2. The second-order valence-corrected chi connectivity index (χ2v) is 8.85. The van der Waals surface area contributed by atoms with Crippen LogP contribution in [0.15, 0.2) is 23.8 Å². The lowest BCUT2D eigenvalue weighted by Crippen LogP contribution is -2.17. The molecule has 0 aliphatic heterocycles. The van der Waals surface area contributed by atoms with E-state index in [0.717, 1.165) is 58.0 Å². The van der Waals surface area contributed by atoms with E-state index in [1.54, 1.807) is 5.57 Å². The van der Waals surface area contributed by atoms with E-state index in [-0.39, 0.29) is 24.7 Å². The first-order valence-corrected chi connectivity index (χ1v) is 11.7. The minimum absolute atomic E-state index is 0.215. The van der Waals surface area contributed by atoms with Gasteiger partial charge in [-0.15, -0.1) is 0 Å². The third kappa shape index (κ3) is 7.98. The average molecular weight is 394 g/mol. The molecule has 0 amide bonds. The van der Waals surface area contributed by atoms with Gasteiger partial charge in [0, 0.05) is 12.5 Å². The molecule has 28 heavy (non-hydrogen) atoms. The van der Waals surface area contributed by atoms with Crippen LogP contribution in [0.3, 0.4) is 0 Å². The van der Waals surface area contributed by atoms with E-state index in [2.05, 4.69) is 24.4 Å². The summed E-state index contributed by atoms with van der Waals surface area (Å²) in [6.45, 7) is 4.39. The maximum absolute atomic E-state index is 10.5. The third-order valence-electron chi connectivity index (χ3n) is 6.52. The van der Waals surface area contributed by atoms with E-state index >= 15 is 0 Å². The number of aliphatic hydroxyl groups excluding tert-OH is 3. The first-order valence-electron chi connectivity index (χ1n) is 11.7. The fourth-order valence-electron chi connectivity index (χ4n) is 4.93. The lowest BCUT2D eigenvalue weighted by molar-refractivity contribution is 0.139. The second-order valence-electron chi connectivity index (χ2n) is 8.85. The van der Waals surface area contributed by atoms with Crippen molar-refractivity contribution >= 4 is 0 Å². The molecular formula is C24H43NO3. The molecule has 4 heteroatoms. The first-order chi connectivity index (χ1) is 13.7. The monoisotopic (exact) mass is 393 g/mol. The molecule has 0 unspecified atom stereocenters. The molecular weight excluding hydrogens is 350 g/mol. The van der Waals surface area contributed by atoms with Crippen molar-refractivity contribution in [2.24, 2.45) is 17.8 Å². The van der Waals surface area contributed by atoms with Crippen LogP contribution < -0.4 is 5.32 Å². The topological polar surface area (TPSA) is 72.7 Å². The fourth-order valence-corrected chi connectivity index (χ4v) is 4.93. The van der Waals surface area contributed by atoms with Gasteiger partial charge < -0.3 is 20.6 Å². The Morgan fingerprint density at radius 3 is 2.71 bits per heavy atom. The zero-order valence-corrected chi connectivity index (χ0v) is 17.9. The molecule has 0 bridgehead atoms. The van der Waals surface area contributed by atoms with Crippen molar-refractivity contribution in [2.45, 2.75) is 89.8 Å². The molecule has 0 aromatic rings. The zero-order chi connectivity index (χ0) is 20.2. The summed E-state index contributed by atoms with van der Waals surface area (Å²) in [7, 11) is 0. The van der Waals surface area contributed by atoms with Crippen molar-refractivity contribution in [3.63, 3.8) is 0 Å². The van der Waals surface area contributed by atoms with Crippen LogP contribution in [0.1, 0.15) is 77.6 Å². The molecule has 0 radical (unpaired) electrons. The summed E-state index contributed by atoms with van der Waals surface area (Å²) in [5, 5.41) is 32.7. The van der Waals surface area contributed by atoms with Crippen LogP contribution in [-0.4, -0.2) is 47.2 Å². The molecule has 0 spiro atoms. The van der Waals surface area contributed by atoms with Crippen molar-refractivity contribution in [1.82, 2.24) is 5.32 Å². The molecule has 0 heterocycles. The van der Waals surface area contributed by atoms with E-state index in [9.17, 15) is 10.2 Å². The summed E-state index contributed by atoms with van der Waals surface area (Å²) in [4.78, 5) is 0. The fraction of sp³-hybridized carbons (Fsp3) is 0.833. The first kappa shape index (κ1) is 23.6. The van der Waals surface area contributed by atoms with Gasteiger partial charge in [0.25, 0.3) is 0 Å². The summed E-state index contributed by atoms with van der Waals surface area (Å²) in [6.07, 6.45) is 17.7. The predicted octanol–water partition coefficient (Wildman–Crippen LogP) is 3.96. The average Bonchev–Trinajstić information content (AvgIpc) is 3.19. The molecule has 0 aromatic heterocycles. The lowest BCUT2D eigenvalue weighted by atomic mass is 9.90. The van der Waals surface area contributed by atoms with Crippen LogP contribution in [0.2, 0.25) is 0 Å². The molecule has 2 saturated carbocycles. The third-order valence-corrected chi connectivity index (χ3v) is 6.52. The van der Waals surface area contributed by atoms with Crippen molar-refractivity contribution in [1.29, 1.82) is 0 Å².